The van der Waals surface area contributed by atoms with Crippen molar-refractivity contribution in [3.63, 3.8) is 0 Å². The molecule has 0 amide bonds. The summed E-state index contributed by atoms with van der Waals surface area (Å²) in [4.78, 5) is 0. The summed E-state index contributed by atoms with van der Waals surface area (Å²) in [5.41, 5.74) is 3.57. The van der Waals surface area contributed by atoms with Crippen molar-refractivity contribution in [1.82, 2.24) is 0 Å². The summed E-state index contributed by atoms with van der Waals surface area (Å²) in [7, 11) is 0. The van der Waals surface area contributed by atoms with Crippen LogP contribution in [0.25, 0.3) is 0 Å². The van der Waals surface area contributed by atoms with Crippen molar-refractivity contribution < 1.29 is 5.84 Å². The fourth-order valence-corrected chi connectivity index (χ4v) is 0.807. The molecule has 0 radical (unpaired) electrons. The van der Waals surface area contributed by atoms with Crippen LogP contribution in [0.5, 0.6) is 0 Å². The van der Waals surface area contributed by atoms with E-state index in [9.17, 15) is 0 Å². The molecule has 0 aliphatic heterocycles. The molecule has 0 aliphatic rings. The van der Waals surface area contributed by atoms with Crippen LogP contribution in [0, 0.1) is 0 Å². The molecule has 0 fully saturated rings. The Bertz CT molecular complexity index is 200. The predicted molar refractivity (Wildman–Crippen MR) is 38.0 cm³/mol. The van der Waals surface area contributed by atoms with Gasteiger partial charge in [0.2, 0.25) is 0 Å². The molecule has 3 heteroatoms. The van der Waals surface area contributed by atoms with Crippen molar-refractivity contribution in [2.24, 2.45) is 0 Å². The third-order valence-electron chi connectivity index (χ3n) is 1.06. The largest absolute Gasteiger partial charge is 0.258 e. The van der Waals surface area contributed by atoms with Crippen LogP contribution in [0.15, 0.2) is 24.3 Å². The number of quaternary nitrogens is 1. The third-order valence-corrected chi connectivity index (χ3v) is 1.39. The lowest BCUT2D eigenvalue weighted by molar-refractivity contribution is -0.325. The van der Waals surface area contributed by atoms with Crippen LogP contribution in [-0.2, 0) is 0 Å². The van der Waals surface area contributed by atoms with Gasteiger partial charge in [-0.25, -0.2) is 5.43 Å². The highest BCUT2D eigenvalue weighted by atomic mass is 35.5. The van der Waals surface area contributed by atoms with Crippen molar-refractivity contribution in [2.45, 2.75) is 0 Å². The molecule has 9 heavy (non-hydrogen) atoms. The molecule has 1 aromatic carbocycles. The molecular weight excluding hydrogens is 136 g/mol. The van der Waals surface area contributed by atoms with Gasteiger partial charge < -0.3 is 0 Å². The van der Waals surface area contributed by atoms with E-state index < -0.39 is 0 Å². The minimum atomic E-state index is 0.701. The monoisotopic (exact) mass is 143 g/mol. The molecule has 4 N–H and O–H groups in total. The van der Waals surface area contributed by atoms with Crippen molar-refractivity contribution in [1.29, 1.82) is 0 Å². The van der Waals surface area contributed by atoms with Gasteiger partial charge in [-0.3, -0.25) is 5.84 Å². The van der Waals surface area contributed by atoms with Gasteiger partial charge in [-0.15, -0.1) is 0 Å². The van der Waals surface area contributed by atoms with Gasteiger partial charge in [0.15, 0.2) is 0 Å². The lowest BCUT2D eigenvalue weighted by atomic mass is 10.3. The number of nitrogens with one attached hydrogen (secondary N) is 1. The van der Waals surface area contributed by atoms with Crippen LogP contribution < -0.4 is 11.3 Å². The van der Waals surface area contributed by atoms with Crippen LogP contribution in [-0.4, -0.2) is 0 Å². The van der Waals surface area contributed by atoms with Gasteiger partial charge in [-0.1, -0.05) is 23.7 Å². The van der Waals surface area contributed by atoms with Crippen LogP contribution in [0.3, 0.4) is 0 Å². The summed E-state index contributed by atoms with van der Waals surface area (Å²) in [5, 5.41) is 0.701. The Hall–Kier alpha value is -0.730. The first kappa shape index (κ1) is 6.39. The second kappa shape index (κ2) is 2.71. The highest BCUT2D eigenvalue weighted by molar-refractivity contribution is 6.33. The Balaban J connectivity index is 3.01. The minimum absolute atomic E-state index is 0.701. The zero-order valence-corrected chi connectivity index (χ0v) is 5.65. The topological polar surface area (TPSA) is 39.7 Å². The number of rotatable bonds is 1. The van der Waals surface area contributed by atoms with E-state index in [4.69, 9.17) is 11.6 Å². The first-order valence-corrected chi connectivity index (χ1v) is 3.00. The average molecular weight is 144 g/mol. The highest BCUT2D eigenvalue weighted by Crippen LogP contribution is 2.17. The van der Waals surface area contributed by atoms with Gasteiger partial charge in [-0.2, -0.15) is 0 Å². The molecule has 0 atom stereocenters. The molecule has 0 saturated heterocycles. The quantitative estimate of drug-likeness (QED) is 0.564. The molecule has 0 spiro atoms. The maximum Gasteiger partial charge on any atom is 0.103 e. The summed E-state index contributed by atoms with van der Waals surface area (Å²) >= 11 is 5.72. The van der Waals surface area contributed by atoms with Crippen molar-refractivity contribution in [3.8, 4) is 0 Å². The van der Waals surface area contributed by atoms with E-state index >= 15 is 0 Å². The van der Waals surface area contributed by atoms with Gasteiger partial charge >= 0.3 is 0 Å². The lowest BCUT2D eigenvalue weighted by Gasteiger charge is -1.96. The molecule has 0 aliphatic carbocycles. The van der Waals surface area contributed by atoms with Crippen molar-refractivity contribution in [2.75, 3.05) is 5.43 Å². The Labute approximate surface area is 58.6 Å². The smallest absolute Gasteiger partial charge is 0.103 e. The lowest BCUT2D eigenvalue weighted by Crippen LogP contribution is -2.56. The molecule has 0 saturated carbocycles. The molecule has 0 heterocycles. The van der Waals surface area contributed by atoms with Crippen LogP contribution >= 0.6 is 11.6 Å². The SMILES string of the molecule is [NH3+]Nc1ccccc1Cl. The number of halogens is 1. The maximum atomic E-state index is 5.72. The van der Waals surface area contributed by atoms with E-state index in [1.165, 1.54) is 0 Å². The Morgan fingerprint density at radius 3 is 2.44 bits per heavy atom. The molecule has 0 aromatic heterocycles. The first-order valence-electron chi connectivity index (χ1n) is 2.62. The van der Waals surface area contributed by atoms with Crippen molar-refractivity contribution >= 4 is 17.3 Å². The molecule has 1 aromatic rings. The normalized spacial score (nSPS) is 9.11. The average Bonchev–Trinajstić information content (AvgIpc) is 1.89. The van der Waals surface area contributed by atoms with Gasteiger partial charge in [-0.05, 0) is 12.1 Å². The van der Waals surface area contributed by atoms with Gasteiger partial charge in [0.05, 0.1) is 5.02 Å². The van der Waals surface area contributed by atoms with Crippen LogP contribution in [0.1, 0.15) is 0 Å². The van der Waals surface area contributed by atoms with Crippen LogP contribution in [0.4, 0.5) is 5.69 Å². The van der Waals surface area contributed by atoms with Crippen molar-refractivity contribution in [3.05, 3.63) is 29.3 Å². The van der Waals surface area contributed by atoms with E-state index in [0.717, 1.165) is 5.69 Å². The highest BCUT2D eigenvalue weighted by Gasteiger charge is 1.93. The molecule has 2 nitrogen and oxygen atoms in total. The predicted octanol–water partition coefficient (Wildman–Crippen LogP) is 0.909. The summed E-state index contributed by atoms with van der Waals surface area (Å²) in [6.45, 7) is 0. The zero-order chi connectivity index (χ0) is 6.69. The van der Waals surface area contributed by atoms with E-state index in [1.54, 1.807) is 0 Å². The van der Waals surface area contributed by atoms with Crippen LogP contribution in [0.2, 0.25) is 5.02 Å². The molecule has 48 valence electrons. The Morgan fingerprint density at radius 1 is 1.33 bits per heavy atom. The summed E-state index contributed by atoms with van der Waals surface area (Å²) in [6, 6.07) is 7.47. The fourth-order valence-electron chi connectivity index (χ4n) is 0.605. The first-order chi connectivity index (χ1) is 4.34. The number of anilines is 1. The zero-order valence-electron chi connectivity index (χ0n) is 4.89. The number of hydrogen-bond acceptors (Lipinski definition) is 1. The minimum Gasteiger partial charge on any atom is -0.258 e. The standard InChI is InChI=1S/C6H7ClN2/c7-5-3-1-2-4-6(5)9-8/h1-4,9H,8H2/p+1. The number of hydrogen-bond donors (Lipinski definition) is 2. The second-order valence-electron chi connectivity index (χ2n) is 1.66. The number of benzene rings is 1. The van der Waals surface area contributed by atoms with E-state index in [1.807, 2.05) is 24.3 Å². The fraction of sp³-hybridized carbons (Fsp3) is 0. The van der Waals surface area contributed by atoms with Gasteiger partial charge in [0.1, 0.15) is 5.69 Å². The summed E-state index contributed by atoms with van der Waals surface area (Å²) in [5.74, 6) is 3.48. The third kappa shape index (κ3) is 1.34. The van der Waals surface area contributed by atoms with E-state index in [0.29, 0.717) is 5.02 Å². The maximum absolute atomic E-state index is 5.72. The second-order valence-corrected chi connectivity index (χ2v) is 2.06. The molecule has 0 unspecified atom stereocenters. The van der Waals surface area contributed by atoms with E-state index in [2.05, 4.69) is 11.3 Å². The molecule has 1 rings (SSSR count). The van der Waals surface area contributed by atoms with E-state index in [-0.39, 0.29) is 0 Å². The Kier molecular flexibility index (Phi) is 1.92. The summed E-state index contributed by atoms with van der Waals surface area (Å²) < 4.78 is 0. The molecular formula is C6H8ClN2+. The van der Waals surface area contributed by atoms with Gasteiger partial charge in [0.25, 0.3) is 0 Å². The summed E-state index contributed by atoms with van der Waals surface area (Å²) in [6.07, 6.45) is 0. The number of para-hydroxylation sites is 1. The van der Waals surface area contributed by atoms with Gasteiger partial charge in [0, 0.05) is 0 Å². The molecule has 0 bridgehead atoms. The Morgan fingerprint density at radius 2 is 2.00 bits per heavy atom.